The van der Waals surface area contributed by atoms with Gasteiger partial charge in [0.1, 0.15) is 0 Å². The first kappa shape index (κ1) is 24.2. The maximum atomic E-state index is 12.6. The highest BCUT2D eigenvalue weighted by molar-refractivity contribution is 5.98. The van der Waals surface area contributed by atoms with Gasteiger partial charge in [-0.2, -0.15) is 4.57 Å². The molecule has 36 heavy (non-hydrogen) atoms. The van der Waals surface area contributed by atoms with Crippen LogP contribution in [0.1, 0.15) is 26.3 Å². The number of aromatic nitrogens is 1. The van der Waals surface area contributed by atoms with Crippen LogP contribution >= 0.6 is 0 Å². The Balaban J connectivity index is 1.36. The van der Waals surface area contributed by atoms with Gasteiger partial charge in [-0.15, -0.1) is 4.91 Å². The summed E-state index contributed by atoms with van der Waals surface area (Å²) in [5.41, 5.74) is 4.48. The Bertz CT molecular complexity index is 1350. The van der Waals surface area contributed by atoms with E-state index in [0.717, 1.165) is 16.7 Å². The van der Waals surface area contributed by atoms with Crippen molar-refractivity contribution in [2.24, 2.45) is 10.3 Å². The number of ketones is 2. The number of allylic oxidation sites excluding steroid dienone is 3. The van der Waals surface area contributed by atoms with Crippen molar-refractivity contribution in [3.63, 3.8) is 0 Å². The molecule has 0 radical (unpaired) electrons. The highest BCUT2D eigenvalue weighted by Crippen LogP contribution is 2.21. The van der Waals surface area contributed by atoms with Crippen LogP contribution in [0.2, 0.25) is 0 Å². The van der Waals surface area contributed by atoms with Gasteiger partial charge in [-0.25, -0.2) is 0 Å². The summed E-state index contributed by atoms with van der Waals surface area (Å²) in [6.07, 6.45) is 12.9. The smallest absolute Gasteiger partial charge is 0.227 e. The van der Waals surface area contributed by atoms with Gasteiger partial charge in [-0.05, 0) is 34.0 Å². The lowest BCUT2D eigenvalue weighted by Crippen LogP contribution is -2.37. The summed E-state index contributed by atoms with van der Waals surface area (Å²) in [6, 6.07) is 18.2. The number of pyridine rings is 1. The molecule has 2 aromatic carbocycles. The summed E-state index contributed by atoms with van der Waals surface area (Å²) in [4.78, 5) is 37.3. The number of nitroso groups, excluding NO2 is 1. The number of oxime groups is 1. The Morgan fingerprint density at radius 3 is 1.92 bits per heavy atom. The van der Waals surface area contributed by atoms with E-state index in [-0.39, 0.29) is 24.7 Å². The fourth-order valence-corrected chi connectivity index (χ4v) is 3.66. The lowest BCUT2D eigenvalue weighted by atomic mass is 10.00. The van der Waals surface area contributed by atoms with E-state index in [1.165, 1.54) is 12.4 Å². The van der Waals surface area contributed by atoms with Gasteiger partial charge < -0.3 is 10.1 Å². The average Bonchev–Trinajstić information content (AvgIpc) is 2.91. The molecule has 1 aromatic heterocycles. The molecule has 0 aliphatic carbocycles. The van der Waals surface area contributed by atoms with E-state index in [1.807, 2.05) is 24.3 Å². The van der Waals surface area contributed by atoms with Crippen LogP contribution in [0, 0.1) is 4.91 Å². The van der Waals surface area contributed by atoms with Crippen LogP contribution < -0.4 is 4.57 Å². The summed E-state index contributed by atoms with van der Waals surface area (Å²) in [5.74, 6) is -0.0613. The predicted octanol–water partition coefficient (Wildman–Crippen LogP) is 4.51. The van der Waals surface area contributed by atoms with Gasteiger partial charge in [0.05, 0.1) is 19.0 Å². The number of rotatable bonds is 9. The topological polar surface area (TPSA) is 103 Å². The van der Waals surface area contributed by atoms with Crippen LogP contribution in [0.3, 0.4) is 0 Å². The number of carbonyl (C=O) groups is 2. The van der Waals surface area contributed by atoms with Crippen molar-refractivity contribution in [1.82, 2.24) is 4.90 Å². The monoisotopic (exact) mass is 479 g/mol. The van der Waals surface area contributed by atoms with E-state index in [0.29, 0.717) is 16.7 Å². The van der Waals surface area contributed by atoms with E-state index in [2.05, 4.69) is 10.3 Å². The van der Waals surface area contributed by atoms with Crippen molar-refractivity contribution in [3.8, 4) is 11.1 Å². The zero-order valence-corrected chi connectivity index (χ0v) is 19.3. The lowest BCUT2D eigenvalue weighted by molar-refractivity contribution is -0.683. The normalized spacial score (nSPS) is 12.7. The Kier molecular flexibility index (Phi) is 7.67. The fourth-order valence-electron chi connectivity index (χ4n) is 3.66. The Labute approximate surface area is 207 Å². The molecule has 0 saturated carbocycles. The van der Waals surface area contributed by atoms with Crippen molar-refractivity contribution < 1.29 is 19.4 Å². The van der Waals surface area contributed by atoms with Gasteiger partial charge >= 0.3 is 0 Å². The van der Waals surface area contributed by atoms with Gasteiger partial charge in [-0.1, -0.05) is 53.7 Å². The molecule has 0 saturated heterocycles. The molecule has 178 valence electrons. The molecular weight excluding hydrogens is 456 g/mol. The second kappa shape index (κ2) is 11.4. The predicted molar refractivity (Wildman–Crippen MR) is 135 cm³/mol. The zero-order valence-electron chi connectivity index (χ0n) is 19.3. The second-order valence-electron chi connectivity index (χ2n) is 8.09. The number of carbonyl (C=O) groups excluding carboxylic acids is 2. The van der Waals surface area contributed by atoms with Crippen molar-refractivity contribution in [2.45, 2.75) is 6.54 Å². The molecule has 3 aromatic rings. The summed E-state index contributed by atoms with van der Waals surface area (Å²) in [5, 5.41) is 14.3. The van der Waals surface area contributed by atoms with E-state index in [4.69, 9.17) is 5.21 Å². The molecule has 8 heteroatoms. The molecule has 1 N–H and O–H groups in total. The van der Waals surface area contributed by atoms with E-state index < -0.39 is 0 Å². The standard InChI is InChI=1S/C28H22N4O4/c33-27(19-31-13-9-21(10-14-31)17-29-35)25-5-1-23(2-6-25)24-3-7-26(8-4-24)28(34)20-32-15-11-22(12-16-32)18-30-36/h1-18H,19-20H2/p+1. The molecule has 4 rings (SSSR count). The van der Waals surface area contributed by atoms with Gasteiger partial charge in [0.2, 0.25) is 12.3 Å². The fraction of sp³-hybridized carbons (Fsp3) is 0.0714. The number of hydrogen-bond acceptors (Lipinski definition) is 7. The van der Waals surface area contributed by atoms with Crippen LogP contribution in [0.15, 0.2) is 120 Å². The molecule has 0 amide bonds. The number of nitrogens with zero attached hydrogens (tertiary/aromatic N) is 4. The maximum Gasteiger partial charge on any atom is 0.227 e. The molecule has 0 unspecified atom stereocenters. The van der Waals surface area contributed by atoms with E-state index >= 15 is 0 Å². The maximum absolute atomic E-state index is 12.6. The first-order valence-electron chi connectivity index (χ1n) is 11.1. The minimum absolute atomic E-state index is 0.0260. The van der Waals surface area contributed by atoms with Crippen molar-refractivity contribution in [2.75, 3.05) is 6.54 Å². The van der Waals surface area contributed by atoms with Crippen LogP contribution in [0.4, 0.5) is 0 Å². The Hall–Kier alpha value is -4.98. The number of Topliss-reactive ketones (excluding diaryl/α,β-unsaturated/α-hetero) is 2. The SMILES string of the molecule is O=NC=C1C=CN(CC(=O)c2ccc(-c3ccc(C(=O)C[n+]4ccc(/C=N/O)cc4)cc3)cc2)C=C1. The third-order valence-electron chi connectivity index (χ3n) is 5.64. The molecule has 1 aliphatic heterocycles. The molecule has 0 spiro atoms. The van der Waals surface area contributed by atoms with Gasteiger partial charge in [0.15, 0.2) is 18.2 Å². The zero-order chi connectivity index (χ0) is 25.3. The summed E-state index contributed by atoms with van der Waals surface area (Å²) >= 11 is 0. The van der Waals surface area contributed by atoms with Crippen LogP contribution in [-0.4, -0.2) is 34.4 Å². The van der Waals surface area contributed by atoms with Crippen LogP contribution in [-0.2, 0) is 6.54 Å². The Morgan fingerprint density at radius 2 is 1.39 bits per heavy atom. The molecule has 2 heterocycles. The van der Waals surface area contributed by atoms with Crippen LogP contribution in [0.25, 0.3) is 11.1 Å². The number of hydrogen-bond donors (Lipinski definition) is 1. The highest BCUT2D eigenvalue weighted by Gasteiger charge is 2.13. The first-order valence-corrected chi connectivity index (χ1v) is 11.1. The van der Waals surface area contributed by atoms with Crippen molar-refractivity contribution in [3.05, 3.63) is 131 Å². The van der Waals surface area contributed by atoms with Crippen molar-refractivity contribution >= 4 is 17.8 Å². The van der Waals surface area contributed by atoms with Crippen LogP contribution in [0.5, 0.6) is 0 Å². The molecule has 1 aliphatic rings. The highest BCUT2D eigenvalue weighted by atomic mass is 16.4. The van der Waals surface area contributed by atoms with Gasteiger partial charge in [-0.3, -0.25) is 9.59 Å². The third-order valence-corrected chi connectivity index (χ3v) is 5.64. The minimum atomic E-state index is -0.0353. The van der Waals surface area contributed by atoms with E-state index in [1.54, 1.807) is 82.8 Å². The Morgan fingerprint density at radius 1 is 0.833 bits per heavy atom. The van der Waals surface area contributed by atoms with Gasteiger partial charge in [0, 0.05) is 41.2 Å². The molecule has 0 atom stereocenters. The average molecular weight is 480 g/mol. The summed E-state index contributed by atoms with van der Waals surface area (Å²) in [6.45, 7) is 0.375. The van der Waals surface area contributed by atoms with E-state index in [9.17, 15) is 14.5 Å². The molecular formula is C28H23N4O4+. The molecule has 8 nitrogen and oxygen atoms in total. The molecule has 0 fully saturated rings. The van der Waals surface area contributed by atoms with Crippen molar-refractivity contribution in [1.29, 1.82) is 0 Å². The number of benzene rings is 2. The largest absolute Gasteiger partial charge is 0.411 e. The summed E-state index contributed by atoms with van der Waals surface area (Å²) < 4.78 is 1.76. The minimum Gasteiger partial charge on any atom is -0.411 e. The second-order valence-corrected chi connectivity index (χ2v) is 8.09. The first-order chi connectivity index (χ1) is 17.6. The van der Waals surface area contributed by atoms with Gasteiger partial charge in [0.25, 0.3) is 0 Å². The summed E-state index contributed by atoms with van der Waals surface area (Å²) in [7, 11) is 0. The third kappa shape index (κ3) is 6.12. The molecule has 0 bridgehead atoms. The lowest BCUT2D eigenvalue weighted by Gasteiger charge is -2.17. The quantitative estimate of drug-likeness (QED) is 0.121.